The van der Waals surface area contributed by atoms with Crippen LogP contribution >= 0.6 is 0 Å². The highest BCUT2D eigenvalue weighted by Crippen LogP contribution is 2.34. The second kappa shape index (κ2) is 8.11. The van der Waals surface area contributed by atoms with E-state index in [0.717, 1.165) is 11.4 Å². The van der Waals surface area contributed by atoms with Crippen LogP contribution in [-0.2, 0) is 11.3 Å². The topological polar surface area (TPSA) is 79.7 Å². The van der Waals surface area contributed by atoms with Gasteiger partial charge in [-0.1, -0.05) is 0 Å². The summed E-state index contributed by atoms with van der Waals surface area (Å²) < 4.78 is 7.72. The maximum Gasteiger partial charge on any atom is 0.253 e. The first kappa shape index (κ1) is 18.8. The predicted octanol–water partition coefficient (Wildman–Crippen LogP) is 0.989. The van der Waals surface area contributed by atoms with Crippen molar-refractivity contribution in [2.45, 2.75) is 19.0 Å². The highest BCUT2D eigenvalue weighted by molar-refractivity contribution is 5.95. The molecule has 0 fully saturated rings. The molecule has 8 heteroatoms. The van der Waals surface area contributed by atoms with Crippen LogP contribution in [0.15, 0.2) is 36.9 Å². The van der Waals surface area contributed by atoms with Crippen LogP contribution in [0.3, 0.4) is 0 Å². The van der Waals surface area contributed by atoms with Gasteiger partial charge in [-0.2, -0.15) is 0 Å². The molecule has 0 bridgehead atoms. The molecular weight excluding hydrogens is 346 g/mol. The molecule has 0 saturated carbocycles. The molecule has 27 heavy (non-hydrogen) atoms. The molecule has 8 nitrogen and oxygen atoms in total. The Morgan fingerprint density at radius 3 is 2.89 bits per heavy atom. The van der Waals surface area contributed by atoms with Gasteiger partial charge in [0.25, 0.3) is 5.91 Å². The van der Waals surface area contributed by atoms with E-state index in [-0.39, 0.29) is 17.9 Å². The highest BCUT2D eigenvalue weighted by atomic mass is 16.5. The Bertz CT molecular complexity index is 804. The maximum atomic E-state index is 12.3. The van der Waals surface area contributed by atoms with Crippen molar-refractivity contribution in [2.75, 3.05) is 39.2 Å². The number of anilines is 1. The molecule has 144 valence electrons. The summed E-state index contributed by atoms with van der Waals surface area (Å²) in [6.07, 6.45) is 5.62. The Labute approximate surface area is 158 Å². The van der Waals surface area contributed by atoms with E-state index in [0.29, 0.717) is 31.7 Å². The normalized spacial score (nSPS) is 15.7. The fraction of sp³-hybridized carbons (Fsp3) is 0.421. The van der Waals surface area contributed by atoms with Gasteiger partial charge in [-0.15, -0.1) is 0 Å². The molecule has 1 aromatic carbocycles. The van der Waals surface area contributed by atoms with E-state index in [4.69, 9.17) is 4.74 Å². The molecule has 1 unspecified atom stereocenters. The molecule has 1 N–H and O–H groups in total. The van der Waals surface area contributed by atoms with Crippen molar-refractivity contribution < 1.29 is 14.3 Å². The molecule has 2 heterocycles. The second-order valence-electron chi connectivity index (χ2n) is 6.81. The molecule has 2 aromatic rings. The van der Waals surface area contributed by atoms with Crippen molar-refractivity contribution in [2.24, 2.45) is 0 Å². The summed E-state index contributed by atoms with van der Waals surface area (Å²) in [6.45, 7) is 1.66. The van der Waals surface area contributed by atoms with E-state index in [1.807, 2.05) is 34.8 Å². The number of fused-ring (bicyclic) bond motifs is 1. The van der Waals surface area contributed by atoms with Gasteiger partial charge in [0.05, 0.1) is 24.5 Å². The zero-order valence-corrected chi connectivity index (χ0v) is 15.9. The van der Waals surface area contributed by atoms with Crippen molar-refractivity contribution in [3.8, 4) is 5.75 Å². The van der Waals surface area contributed by atoms with Crippen LogP contribution in [0.25, 0.3) is 0 Å². The molecular formula is C19H25N5O3. The first-order valence-electron chi connectivity index (χ1n) is 8.89. The summed E-state index contributed by atoms with van der Waals surface area (Å²) in [4.78, 5) is 32.0. The van der Waals surface area contributed by atoms with Gasteiger partial charge in [-0.05, 0) is 18.2 Å². The zero-order chi connectivity index (χ0) is 19.4. The number of hydrogen-bond acceptors (Lipinski definition) is 5. The molecule has 0 radical (unpaired) electrons. The number of rotatable bonds is 6. The van der Waals surface area contributed by atoms with Crippen molar-refractivity contribution in [1.82, 2.24) is 19.8 Å². The van der Waals surface area contributed by atoms with Crippen molar-refractivity contribution in [3.05, 3.63) is 42.5 Å². The smallest absolute Gasteiger partial charge is 0.253 e. The van der Waals surface area contributed by atoms with Gasteiger partial charge in [0.15, 0.2) is 0 Å². The fourth-order valence-electron chi connectivity index (χ4n) is 3.03. The Balaban J connectivity index is 1.60. The quantitative estimate of drug-likeness (QED) is 0.819. The second-order valence-corrected chi connectivity index (χ2v) is 6.81. The van der Waals surface area contributed by atoms with Crippen LogP contribution in [0.2, 0.25) is 0 Å². The van der Waals surface area contributed by atoms with Crippen LogP contribution in [0.1, 0.15) is 16.8 Å². The number of likely N-dealkylation sites (N-methyl/N-ethyl adjacent to an activating group) is 1. The van der Waals surface area contributed by atoms with Crippen molar-refractivity contribution >= 4 is 17.5 Å². The number of ether oxygens (including phenoxy) is 1. The van der Waals surface area contributed by atoms with Gasteiger partial charge in [-0.3, -0.25) is 9.59 Å². The number of carbonyl (C=O) groups excluding carboxylic acids is 2. The third-order valence-electron chi connectivity index (χ3n) is 4.64. The van der Waals surface area contributed by atoms with Crippen LogP contribution < -0.4 is 15.0 Å². The van der Waals surface area contributed by atoms with Crippen LogP contribution in [-0.4, -0.2) is 66.6 Å². The Kier molecular flexibility index (Phi) is 5.63. The molecule has 0 saturated heterocycles. The van der Waals surface area contributed by atoms with Gasteiger partial charge in [0, 0.05) is 52.2 Å². The largest absolute Gasteiger partial charge is 0.489 e. The molecule has 2 amide bonds. The van der Waals surface area contributed by atoms with Crippen LogP contribution in [0.5, 0.6) is 5.75 Å². The van der Waals surface area contributed by atoms with Gasteiger partial charge >= 0.3 is 0 Å². The summed E-state index contributed by atoms with van der Waals surface area (Å²) >= 11 is 0. The van der Waals surface area contributed by atoms with Gasteiger partial charge in [-0.25, -0.2) is 4.98 Å². The first-order valence-corrected chi connectivity index (χ1v) is 8.89. The number of amides is 2. The minimum absolute atomic E-state index is 0.0282. The lowest BCUT2D eigenvalue weighted by Gasteiger charge is -2.35. The highest BCUT2D eigenvalue weighted by Gasteiger charge is 2.27. The Hall–Kier alpha value is -3.03. The third-order valence-corrected chi connectivity index (χ3v) is 4.64. The van der Waals surface area contributed by atoms with E-state index in [1.165, 1.54) is 4.90 Å². The average Bonchev–Trinajstić information content (AvgIpc) is 3.16. The minimum Gasteiger partial charge on any atom is -0.489 e. The predicted molar refractivity (Wildman–Crippen MR) is 102 cm³/mol. The van der Waals surface area contributed by atoms with E-state index in [9.17, 15) is 9.59 Å². The number of benzene rings is 1. The standard InChI is InChI=1S/C19H25N5O3/c1-22(2)19(26)14-4-5-17-16(10-14)23(3)15(12-27-17)11-18(25)21-7-9-24-8-6-20-13-24/h4-6,8,10,13,15H,7,9,11-12H2,1-3H3,(H,21,25). The zero-order valence-electron chi connectivity index (χ0n) is 15.9. The number of carbonyl (C=O) groups is 2. The summed E-state index contributed by atoms with van der Waals surface area (Å²) in [6, 6.07) is 5.30. The molecule has 1 aliphatic rings. The van der Waals surface area contributed by atoms with Gasteiger partial charge in [0.1, 0.15) is 12.4 Å². The van der Waals surface area contributed by atoms with E-state index < -0.39 is 0 Å². The minimum atomic E-state index is -0.0875. The number of aromatic nitrogens is 2. The fourth-order valence-corrected chi connectivity index (χ4v) is 3.03. The van der Waals surface area contributed by atoms with Crippen LogP contribution in [0.4, 0.5) is 5.69 Å². The van der Waals surface area contributed by atoms with E-state index >= 15 is 0 Å². The maximum absolute atomic E-state index is 12.3. The lowest BCUT2D eigenvalue weighted by molar-refractivity contribution is -0.121. The molecule has 0 spiro atoms. The summed E-state index contributed by atoms with van der Waals surface area (Å²) in [5, 5.41) is 2.93. The van der Waals surface area contributed by atoms with Crippen LogP contribution in [0, 0.1) is 0 Å². The molecule has 3 rings (SSSR count). The molecule has 1 aliphatic heterocycles. The lowest BCUT2D eigenvalue weighted by Crippen LogP contribution is -2.44. The number of imidazole rings is 1. The Morgan fingerprint density at radius 1 is 1.37 bits per heavy atom. The third kappa shape index (κ3) is 4.39. The number of hydrogen-bond donors (Lipinski definition) is 1. The Morgan fingerprint density at radius 2 is 2.19 bits per heavy atom. The summed E-state index contributed by atoms with van der Waals surface area (Å²) in [5.41, 5.74) is 1.42. The lowest BCUT2D eigenvalue weighted by atomic mass is 10.1. The van der Waals surface area contributed by atoms with Gasteiger partial charge in [0.2, 0.25) is 5.91 Å². The monoisotopic (exact) mass is 371 g/mol. The SMILES string of the molecule is CN(C)C(=O)c1ccc2c(c1)N(C)C(CC(=O)NCCn1ccnc1)CO2. The molecule has 0 aliphatic carbocycles. The summed E-state index contributed by atoms with van der Waals surface area (Å²) in [7, 11) is 5.37. The average molecular weight is 371 g/mol. The van der Waals surface area contributed by atoms with Crippen molar-refractivity contribution in [3.63, 3.8) is 0 Å². The summed E-state index contributed by atoms with van der Waals surface area (Å²) in [5.74, 6) is 0.634. The molecule has 1 atom stereocenters. The van der Waals surface area contributed by atoms with E-state index in [1.54, 1.807) is 32.7 Å². The number of nitrogens with one attached hydrogen (secondary N) is 1. The van der Waals surface area contributed by atoms with E-state index in [2.05, 4.69) is 10.3 Å². The van der Waals surface area contributed by atoms with Gasteiger partial charge < -0.3 is 24.4 Å². The first-order chi connectivity index (χ1) is 13.0. The van der Waals surface area contributed by atoms with Crippen molar-refractivity contribution in [1.29, 1.82) is 0 Å². The number of nitrogens with zero attached hydrogens (tertiary/aromatic N) is 4. The molecule has 1 aromatic heterocycles.